The van der Waals surface area contributed by atoms with Gasteiger partial charge in [0.2, 0.25) is 25.2 Å². The van der Waals surface area contributed by atoms with Crippen molar-refractivity contribution >= 4 is 32.2 Å². The van der Waals surface area contributed by atoms with Gasteiger partial charge in [0.1, 0.15) is 11.1 Å². The lowest BCUT2D eigenvalue weighted by atomic mass is 10.1. The van der Waals surface area contributed by atoms with Crippen molar-refractivity contribution in [3.63, 3.8) is 0 Å². The van der Waals surface area contributed by atoms with Gasteiger partial charge in [0, 0.05) is 13.1 Å². The maximum atomic E-state index is 13.0. The van der Waals surface area contributed by atoms with Gasteiger partial charge in [0.25, 0.3) is 0 Å². The summed E-state index contributed by atoms with van der Waals surface area (Å²) in [6.45, 7) is 5.33. The maximum absolute atomic E-state index is 13.0. The molecule has 1 amide bonds. The number of ether oxygens (including phenoxy) is 1. The van der Waals surface area contributed by atoms with E-state index in [1.165, 1.54) is 19.1 Å². The van der Waals surface area contributed by atoms with Crippen LogP contribution in [-0.4, -0.2) is 56.1 Å². The number of halogens is 1. The van der Waals surface area contributed by atoms with E-state index in [2.05, 4.69) is 15.5 Å². The SMILES string of the molecule is C[C@H](NC(=O)[C@@H](C)S(=O)(=O)c1nnc(N2CCOCC2)s1)c1ccc(F)cc1. The van der Waals surface area contributed by atoms with Crippen molar-refractivity contribution in [1.82, 2.24) is 15.5 Å². The van der Waals surface area contributed by atoms with Gasteiger partial charge in [0.15, 0.2) is 0 Å². The number of sulfone groups is 1. The molecule has 1 aliphatic heterocycles. The molecule has 152 valence electrons. The first-order valence-corrected chi connectivity index (χ1v) is 11.1. The number of benzene rings is 1. The molecule has 0 unspecified atom stereocenters. The Morgan fingerprint density at radius 2 is 1.86 bits per heavy atom. The zero-order valence-corrected chi connectivity index (χ0v) is 17.1. The minimum atomic E-state index is -3.98. The number of nitrogens with one attached hydrogen (secondary N) is 1. The molecule has 3 rings (SSSR count). The van der Waals surface area contributed by atoms with E-state index in [0.29, 0.717) is 37.0 Å². The van der Waals surface area contributed by atoms with Crippen molar-refractivity contribution in [3.8, 4) is 0 Å². The number of rotatable bonds is 6. The molecule has 2 heterocycles. The van der Waals surface area contributed by atoms with E-state index in [4.69, 9.17) is 4.74 Å². The van der Waals surface area contributed by atoms with Crippen LogP contribution >= 0.6 is 11.3 Å². The van der Waals surface area contributed by atoms with Crippen LogP contribution in [0.15, 0.2) is 28.6 Å². The maximum Gasteiger partial charge on any atom is 0.239 e. The highest BCUT2D eigenvalue weighted by atomic mass is 32.2. The molecule has 0 spiro atoms. The molecular weight excluding hydrogens is 407 g/mol. The smallest absolute Gasteiger partial charge is 0.239 e. The number of carbonyl (C=O) groups excluding carboxylic acids is 1. The van der Waals surface area contributed by atoms with E-state index in [0.717, 1.165) is 11.3 Å². The summed E-state index contributed by atoms with van der Waals surface area (Å²) in [6.07, 6.45) is 0. The van der Waals surface area contributed by atoms with Crippen LogP contribution in [0.1, 0.15) is 25.5 Å². The Bertz CT molecular complexity index is 927. The summed E-state index contributed by atoms with van der Waals surface area (Å²) in [4.78, 5) is 14.4. The molecule has 1 fully saturated rings. The highest BCUT2D eigenvalue weighted by Gasteiger charge is 2.34. The minimum absolute atomic E-state index is 0.189. The van der Waals surface area contributed by atoms with Crippen LogP contribution in [-0.2, 0) is 19.4 Å². The summed E-state index contributed by atoms with van der Waals surface area (Å²) in [5.74, 6) is -1.04. The number of morpholine rings is 1. The van der Waals surface area contributed by atoms with Crippen LogP contribution in [0.4, 0.5) is 9.52 Å². The Labute approximate surface area is 166 Å². The van der Waals surface area contributed by atoms with Crippen molar-refractivity contribution in [1.29, 1.82) is 0 Å². The second-order valence-electron chi connectivity index (χ2n) is 6.42. The van der Waals surface area contributed by atoms with E-state index in [-0.39, 0.29) is 10.2 Å². The average molecular weight is 429 g/mol. The molecule has 1 saturated heterocycles. The Morgan fingerprint density at radius 1 is 1.21 bits per heavy atom. The topological polar surface area (TPSA) is 101 Å². The minimum Gasteiger partial charge on any atom is -0.378 e. The molecule has 1 aromatic heterocycles. The number of carbonyl (C=O) groups is 1. The first-order chi connectivity index (χ1) is 13.3. The van der Waals surface area contributed by atoms with E-state index in [9.17, 15) is 17.6 Å². The number of aromatic nitrogens is 2. The highest BCUT2D eigenvalue weighted by molar-refractivity contribution is 7.94. The van der Waals surface area contributed by atoms with Crippen molar-refractivity contribution < 1.29 is 22.3 Å². The van der Waals surface area contributed by atoms with Crippen molar-refractivity contribution in [2.75, 3.05) is 31.2 Å². The quantitative estimate of drug-likeness (QED) is 0.745. The molecule has 28 heavy (non-hydrogen) atoms. The Hall–Kier alpha value is -2.11. The number of hydrogen-bond donors (Lipinski definition) is 1. The molecule has 2 atom stereocenters. The fourth-order valence-corrected chi connectivity index (χ4v) is 5.22. The molecule has 1 aromatic carbocycles. The number of nitrogens with zero attached hydrogens (tertiary/aromatic N) is 3. The number of amides is 1. The number of anilines is 1. The second kappa shape index (κ2) is 8.50. The molecule has 11 heteroatoms. The molecule has 0 saturated carbocycles. The Kier molecular flexibility index (Phi) is 6.26. The van der Waals surface area contributed by atoms with Gasteiger partial charge in [-0.15, -0.1) is 10.2 Å². The fourth-order valence-electron chi connectivity index (χ4n) is 2.66. The predicted octanol–water partition coefficient (Wildman–Crippen LogP) is 1.55. The molecule has 2 aromatic rings. The third-order valence-corrected chi connectivity index (χ3v) is 7.92. The van der Waals surface area contributed by atoms with Gasteiger partial charge in [0.05, 0.1) is 19.3 Å². The van der Waals surface area contributed by atoms with Gasteiger partial charge in [-0.3, -0.25) is 4.79 Å². The van der Waals surface area contributed by atoms with Crippen LogP contribution < -0.4 is 10.2 Å². The van der Waals surface area contributed by atoms with Crippen LogP contribution in [0, 0.1) is 5.82 Å². The Morgan fingerprint density at radius 3 is 2.50 bits per heavy atom. The average Bonchev–Trinajstić information content (AvgIpc) is 3.19. The largest absolute Gasteiger partial charge is 0.378 e. The summed E-state index contributed by atoms with van der Waals surface area (Å²) in [6, 6.07) is 5.18. The van der Waals surface area contributed by atoms with E-state index < -0.39 is 27.0 Å². The van der Waals surface area contributed by atoms with Crippen LogP contribution in [0.2, 0.25) is 0 Å². The fraction of sp³-hybridized carbons (Fsp3) is 0.471. The molecule has 0 bridgehead atoms. The molecule has 0 radical (unpaired) electrons. The molecule has 1 N–H and O–H groups in total. The van der Waals surface area contributed by atoms with Crippen molar-refractivity contribution in [2.45, 2.75) is 29.5 Å². The summed E-state index contributed by atoms with van der Waals surface area (Å²) in [5.41, 5.74) is 0.671. The van der Waals surface area contributed by atoms with Gasteiger partial charge in [-0.25, -0.2) is 12.8 Å². The van der Waals surface area contributed by atoms with E-state index in [1.54, 1.807) is 19.1 Å². The predicted molar refractivity (Wildman–Crippen MR) is 103 cm³/mol. The Balaban J connectivity index is 1.69. The first-order valence-electron chi connectivity index (χ1n) is 8.75. The zero-order valence-electron chi connectivity index (χ0n) is 15.5. The van der Waals surface area contributed by atoms with Crippen LogP contribution in [0.3, 0.4) is 0 Å². The summed E-state index contributed by atoms with van der Waals surface area (Å²) >= 11 is 0.947. The van der Waals surface area contributed by atoms with E-state index in [1.807, 2.05) is 4.90 Å². The van der Waals surface area contributed by atoms with Crippen molar-refractivity contribution in [3.05, 3.63) is 35.6 Å². The third kappa shape index (κ3) is 4.47. The monoisotopic (exact) mass is 428 g/mol. The lowest BCUT2D eigenvalue weighted by Crippen LogP contribution is -2.39. The summed E-state index contributed by atoms with van der Waals surface area (Å²) < 4.78 is 43.7. The third-order valence-electron chi connectivity index (χ3n) is 4.48. The molecule has 1 aliphatic rings. The molecule has 0 aliphatic carbocycles. The summed E-state index contributed by atoms with van der Waals surface area (Å²) in [5, 5.41) is 9.56. The summed E-state index contributed by atoms with van der Waals surface area (Å²) in [7, 11) is -3.98. The second-order valence-corrected chi connectivity index (χ2v) is 9.82. The van der Waals surface area contributed by atoms with Crippen LogP contribution in [0.25, 0.3) is 0 Å². The molecular formula is C17H21FN4O4S2. The normalized spacial score (nSPS) is 17.2. The number of hydrogen-bond acceptors (Lipinski definition) is 8. The van der Waals surface area contributed by atoms with Gasteiger partial charge in [-0.1, -0.05) is 23.5 Å². The van der Waals surface area contributed by atoms with Gasteiger partial charge in [-0.05, 0) is 31.5 Å². The van der Waals surface area contributed by atoms with Gasteiger partial charge >= 0.3 is 0 Å². The zero-order chi connectivity index (χ0) is 20.3. The van der Waals surface area contributed by atoms with Gasteiger partial charge in [-0.2, -0.15) is 0 Å². The van der Waals surface area contributed by atoms with E-state index >= 15 is 0 Å². The first kappa shape index (κ1) is 20.6. The lowest BCUT2D eigenvalue weighted by Gasteiger charge is -2.25. The molecule has 8 nitrogen and oxygen atoms in total. The van der Waals surface area contributed by atoms with Gasteiger partial charge < -0.3 is 15.0 Å². The van der Waals surface area contributed by atoms with Crippen LogP contribution in [0.5, 0.6) is 0 Å². The highest BCUT2D eigenvalue weighted by Crippen LogP contribution is 2.27. The standard InChI is InChI=1S/C17H21FN4O4S2/c1-11(13-3-5-14(18)6-4-13)19-15(23)12(2)28(24,25)17-21-20-16(27-17)22-7-9-26-10-8-22/h3-6,11-12H,7-10H2,1-2H3,(H,19,23)/t11-,12+/m0/s1. The van der Waals surface area contributed by atoms with Crippen molar-refractivity contribution in [2.24, 2.45) is 0 Å². The lowest BCUT2D eigenvalue weighted by molar-refractivity contribution is -0.121.